The van der Waals surface area contributed by atoms with Crippen molar-refractivity contribution in [2.45, 2.75) is 0 Å². The number of nitriles is 2. The van der Waals surface area contributed by atoms with E-state index in [0.29, 0.717) is 15.8 Å². The van der Waals surface area contributed by atoms with Crippen molar-refractivity contribution in [1.29, 1.82) is 10.5 Å². The van der Waals surface area contributed by atoms with E-state index >= 15 is 0 Å². The zero-order chi connectivity index (χ0) is 15.6. The maximum Gasteiger partial charge on any atom is 0.268 e. The molecule has 0 saturated carbocycles. The molecule has 0 bridgehead atoms. The Morgan fingerprint density at radius 3 is 2.48 bits per heavy atom. The van der Waals surface area contributed by atoms with Gasteiger partial charge in [0.1, 0.15) is 34.8 Å². The van der Waals surface area contributed by atoms with Crippen LogP contribution in [-0.4, -0.2) is 12.1 Å². The van der Waals surface area contributed by atoms with E-state index in [1.165, 1.54) is 7.11 Å². The van der Waals surface area contributed by atoms with Crippen molar-refractivity contribution in [2.75, 3.05) is 12.8 Å². The largest absolute Gasteiger partial charge is 0.496 e. The number of rotatable bonds is 2. The van der Waals surface area contributed by atoms with Gasteiger partial charge in [-0.2, -0.15) is 10.5 Å². The number of ether oxygens (including phenoxy) is 1. The Morgan fingerprint density at radius 2 is 1.95 bits per heavy atom. The van der Waals surface area contributed by atoms with Crippen LogP contribution in [0.5, 0.6) is 5.75 Å². The molecule has 1 aromatic heterocycles. The van der Waals surface area contributed by atoms with E-state index in [4.69, 9.17) is 10.5 Å². The molecule has 6 nitrogen and oxygen atoms in total. The summed E-state index contributed by atoms with van der Waals surface area (Å²) < 4.78 is 5.76. The third kappa shape index (κ3) is 2.47. The summed E-state index contributed by atoms with van der Waals surface area (Å²) in [5, 5.41) is 18.4. The van der Waals surface area contributed by atoms with Crippen molar-refractivity contribution in [3.63, 3.8) is 0 Å². The molecule has 0 spiro atoms. The number of nitrogens with one attached hydrogen (secondary N) is 1. The van der Waals surface area contributed by atoms with Crippen LogP contribution in [0.15, 0.2) is 27.5 Å². The number of nitrogens with zero attached hydrogens (tertiary/aromatic N) is 2. The predicted molar refractivity (Wildman–Crippen MR) is 80.6 cm³/mol. The SMILES string of the molecule is COc1ccc(-c2c(C#N)c(N)[nH]c(=O)c2C#N)cc1Br. The topological polar surface area (TPSA) is 116 Å². The first kappa shape index (κ1) is 14.6. The normalized spacial score (nSPS) is 9.71. The van der Waals surface area contributed by atoms with Crippen molar-refractivity contribution < 1.29 is 4.74 Å². The lowest BCUT2D eigenvalue weighted by Gasteiger charge is -2.10. The first-order valence-corrected chi connectivity index (χ1v) is 6.52. The minimum Gasteiger partial charge on any atom is -0.496 e. The molecule has 0 saturated heterocycles. The summed E-state index contributed by atoms with van der Waals surface area (Å²) >= 11 is 3.33. The van der Waals surface area contributed by atoms with Gasteiger partial charge < -0.3 is 15.5 Å². The lowest BCUT2D eigenvalue weighted by molar-refractivity contribution is 0.412. The second-order valence-corrected chi connectivity index (χ2v) is 4.92. The highest BCUT2D eigenvalue weighted by atomic mass is 79.9. The fourth-order valence-electron chi connectivity index (χ4n) is 1.95. The summed E-state index contributed by atoms with van der Waals surface area (Å²) in [6.45, 7) is 0. The highest BCUT2D eigenvalue weighted by molar-refractivity contribution is 9.10. The van der Waals surface area contributed by atoms with Crippen molar-refractivity contribution in [2.24, 2.45) is 0 Å². The maximum atomic E-state index is 11.8. The quantitative estimate of drug-likeness (QED) is 0.865. The Kier molecular flexibility index (Phi) is 3.97. The number of nitrogen functional groups attached to an aromatic ring is 1. The molecule has 0 aliphatic heterocycles. The molecule has 21 heavy (non-hydrogen) atoms. The number of methoxy groups -OCH3 is 1. The Labute approximate surface area is 128 Å². The van der Waals surface area contributed by atoms with Gasteiger partial charge in [0.25, 0.3) is 5.56 Å². The summed E-state index contributed by atoms with van der Waals surface area (Å²) in [6, 6.07) is 8.71. The molecule has 1 heterocycles. The molecule has 0 radical (unpaired) electrons. The van der Waals surface area contributed by atoms with Crippen molar-refractivity contribution in [1.82, 2.24) is 4.98 Å². The van der Waals surface area contributed by atoms with Crippen molar-refractivity contribution in [3.8, 4) is 29.0 Å². The van der Waals surface area contributed by atoms with Crippen LogP contribution in [-0.2, 0) is 0 Å². The van der Waals surface area contributed by atoms with E-state index in [1.807, 2.05) is 12.1 Å². The van der Waals surface area contributed by atoms with Crippen molar-refractivity contribution in [3.05, 3.63) is 44.2 Å². The molecule has 0 aliphatic carbocycles. The third-order valence-electron chi connectivity index (χ3n) is 2.91. The first-order valence-electron chi connectivity index (χ1n) is 5.73. The van der Waals surface area contributed by atoms with Crippen LogP contribution < -0.4 is 16.0 Å². The Balaban J connectivity index is 2.86. The molecule has 0 aliphatic rings. The molecule has 104 valence electrons. The zero-order valence-electron chi connectivity index (χ0n) is 10.9. The second-order valence-electron chi connectivity index (χ2n) is 4.07. The van der Waals surface area contributed by atoms with Gasteiger partial charge in [0.15, 0.2) is 0 Å². The molecular weight excluding hydrogens is 336 g/mol. The maximum absolute atomic E-state index is 11.8. The fraction of sp³-hybridized carbons (Fsp3) is 0.0714. The van der Waals surface area contributed by atoms with Crippen LogP contribution in [0, 0.1) is 22.7 Å². The second kappa shape index (κ2) is 5.70. The fourth-order valence-corrected chi connectivity index (χ4v) is 2.49. The highest BCUT2D eigenvalue weighted by Crippen LogP contribution is 2.33. The van der Waals surface area contributed by atoms with E-state index in [9.17, 15) is 15.3 Å². The number of anilines is 1. The standard InChI is InChI=1S/C14H9BrN4O2/c1-21-11-3-2-7(4-10(11)15)12-8(5-16)13(18)19-14(20)9(12)6-17/h2-4H,1H3,(H3,18,19,20). The van der Waals surface area contributed by atoms with E-state index in [-0.39, 0.29) is 22.5 Å². The van der Waals surface area contributed by atoms with E-state index in [0.717, 1.165) is 0 Å². The number of pyridine rings is 1. The number of hydrogen-bond acceptors (Lipinski definition) is 5. The Morgan fingerprint density at radius 1 is 1.29 bits per heavy atom. The molecular formula is C14H9BrN4O2. The zero-order valence-corrected chi connectivity index (χ0v) is 12.5. The van der Waals surface area contributed by atoms with Crippen LogP contribution in [0.3, 0.4) is 0 Å². The third-order valence-corrected chi connectivity index (χ3v) is 3.53. The molecule has 7 heteroatoms. The van der Waals surface area contributed by atoms with Gasteiger partial charge in [-0.3, -0.25) is 4.79 Å². The van der Waals surface area contributed by atoms with Crippen LogP contribution in [0.1, 0.15) is 11.1 Å². The van der Waals surface area contributed by atoms with Gasteiger partial charge in [0, 0.05) is 5.56 Å². The number of benzene rings is 1. The smallest absolute Gasteiger partial charge is 0.268 e. The number of halogens is 1. The van der Waals surface area contributed by atoms with Gasteiger partial charge in [-0.25, -0.2) is 0 Å². The molecule has 0 unspecified atom stereocenters. The first-order chi connectivity index (χ1) is 10.0. The molecule has 3 N–H and O–H groups in total. The summed E-state index contributed by atoms with van der Waals surface area (Å²) in [4.78, 5) is 14.1. The summed E-state index contributed by atoms with van der Waals surface area (Å²) in [5.74, 6) is 0.525. The predicted octanol–water partition coefficient (Wildman–Crippen LogP) is 2.14. The average Bonchev–Trinajstić information content (AvgIpc) is 2.46. The van der Waals surface area contributed by atoms with Gasteiger partial charge in [0.05, 0.1) is 11.6 Å². The molecule has 2 rings (SSSR count). The van der Waals surface area contributed by atoms with Crippen molar-refractivity contribution >= 4 is 21.7 Å². The number of aromatic nitrogens is 1. The van der Waals surface area contributed by atoms with Gasteiger partial charge in [-0.05, 0) is 33.6 Å². The number of aromatic amines is 1. The number of H-pyrrole nitrogens is 1. The lowest BCUT2D eigenvalue weighted by atomic mass is 9.96. The average molecular weight is 345 g/mol. The summed E-state index contributed by atoms with van der Waals surface area (Å²) in [5.41, 5.74) is 5.67. The lowest BCUT2D eigenvalue weighted by Crippen LogP contribution is -2.16. The van der Waals surface area contributed by atoms with Gasteiger partial charge in [0.2, 0.25) is 0 Å². The Hall–Kier alpha value is -2.77. The van der Waals surface area contributed by atoms with Gasteiger partial charge >= 0.3 is 0 Å². The molecule has 2 aromatic rings. The van der Waals surface area contributed by atoms with Crippen LogP contribution in [0.25, 0.3) is 11.1 Å². The molecule has 1 aromatic carbocycles. The number of nitrogens with two attached hydrogens (primary N) is 1. The summed E-state index contributed by atoms with van der Waals surface area (Å²) in [6.07, 6.45) is 0. The molecule has 0 fully saturated rings. The van der Waals surface area contributed by atoms with Gasteiger partial charge in [-0.15, -0.1) is 0 Å². The highest BCUT2D eigenvalue weighted by Gasteiger charge is 2.18. The number of hydrogen-bond donors (Lipinski definition) is 2. The van der Waals surface area contributed by atoms with Crippen LogP contribution >= 0.6 is 15.9 Å². The molecule has 0 atom stereocenters. The van der Waals surface area contributed by atoms with Crippen LogP contribution in [0.4, 0.5) is 5.82 Å². The minimum atomic E-state index is -0.629. The van der Waals surface area contributed by atoms with Gasteiger partial charge in [-0.1, -0.05) is 6.07 Å². The summed E-state index contributed by atoms with van der Waals surface area (Å²) in [7, 11) is 1.52. The monoisotopic (exact) mass is 344 g/mol. The molecule has 0 amide bonds. The van der Waals surface area contributed by atoms with E-state index in [2.05, 4.69) is 20.9 Å². The van der Waals surface area contributed by atoms with Crippen LogP contribution in [0.2, 0.25) is 0 Å². The minimum absolute atomic E-state index is 0.0585. The van der Waals surface area contributed by atoms with E-state index < -0.39 is 5.56 Å². The Bertz CT molecular complexity index is 859. The van der Waals surface area contributed by atoms with E-state index in [1.54, 1.807) is 18.2 Å².